The number of aromatic nitrogens is 1. The summed E-state index contributed by atoms with van der Waals surface area (Å²) in [6, 6.07) is 0.603. The van der Waals surface area contributed by atoms with Crippen LogP contribution < -0.4 is 11.4 Å². The van der Waals surface area contributed by atoms with Crippen LogP contribution in [0.4, 0.5) is 18.0 Å². The van der Waals surface area contributed by atoms with Gasteiger partial charge < -0.3 is 14.4 Å². The normalized spacial score (nSPS) is 16.1. The van der Waals surface area contributed by atoms with Gasteiger partial charge >= 0.3 is 23.7 Å². The standard InChI is InChI=1S/C15H13ClF3N3O5/c16-10-8(6-21-1-3-22(4-2-21)14(25)26)9(15(17,18)19)5-7-11(10)20-13(24)27-12(7)23/h5H,1-4,6H2,(H,20,24)(H,25,26). The largest absolute Gasteiger partial charge is 0.465 e. The lowest BCUT2D eigenvalue weighted by Crippen LogP contribution is -2.48. The number of hydrogen-bond donors (Lipinski definition) is 2. The van der Waals surface area contributed by atoms with E-state index in [1.54, 1.807) is 4.90 Å². The first kappa shape index (κ1) is 19.2. The lowest BCUT2D eigenvalue weighted by Gasteiger charge is -2.33. The average molecular weight is 408 g/mol. The zero-order valence-corrected chi connectivity index (χ0v) is 14.4. The Labute approximate surface area is 153 Å². The summed E-state index contributed by atoms with van der Waals surface area (Å²) in [5.74, 6) is -1.13. The van der Waals surface area contributed by atoms with Crippen molar-refractivity contribution in [2.75, 3.05) is 26.2 Å². The number of piperazine rings is 1. The molecule has 2 aromatic rings. The third-order valence-electron chi connectivity index (χ3n) is 4.33. The summed E-state index contributed by atoms with van der Waals surface area (Å²) in [5, 5.41) is 8.07. The van der Waals surface area contributed by atoms with E-state index in [9.17, 15) is 27.6 Å². The third kappa shape index (κ3) is 3.78. The molecule has 1 saturated heterocycles. The molecule has 1 aliphatic heterocycles. The summed E-state index contributed by atoms with van der Waals surface area (Å²) >= 11 is 6.11. The van der Waals surface area contributed by atoms with Gasteiger partial charge in [0.2, 0.25) is 0 Å². The average Bonchev–Trinajstić information content (AvgIpc) is 2.57. The van der Waals surface area contributed by atoms with E-state index in [2.05, 4.69) is 9.40 Å². The van der Waals surface area contributed by atoms with Crippen LogP contribution in [0, 0.1) is 0 Å². The predicted molar refractivity (Wildman–Crippen MR) is 88.0 cm³/mol. The highest BCUT2D eigenvalue weighted by atomic mass is 35.5. The molecule has 2 N–H and O–H groups in total. The number of fused-ring (bicyclic) bond motifs is 1. The van der Waals surface area contributed by atoms with Gasteiger partial charge in [-0.3, -0.25) is 9.88 Å². The zero-order valence-electron chi connectivity index (χ0n) is 13.6. The Morgan fingerprint density at radius 3 is 2.44 bits per heavy atom. The molecule has 27 heavy (non-hydrogen) atoms. The topological polar surface area (TPSA) is 107 Å². The van der Waals surface area contributed by atoms with Crippen molar-refractivity contribution in [3.05, 3.63) is 43.2 Å². The molecule has 1 fully saturated rings. The molecule has 0 atom stereocenters. The van der Waals surface area contributed by atoms with Gasteiger partial charge in [-0.2, -0.15) is 13.2 Å². The second-order valence-corrected chi connectivity index (χ2v) is 6.36. The van der Waals surface area contributed by atoms with E-state index >= 15 is 0 Å². The van der Waals surface area contributed by atoms with Crippen LogP contribution in [0.5, 0.6) is 0 Å². The number of amides is 1. The van der Waals surface area contributed by atoms with Crippen LogP contribution in [0.3, 0.4) is 0 Å². The number of H-pyrrole nitrogens is 1. The number of carbonyl (C=O) groups is 1. The minimum Gasteiger partial charge on any atom is -0.465 e. The lowest BCUT2D eigenvalue weighted by atomic mass is 10.0. The maximum Gasteiger partial charge on any atom is 0.419 e. The van der Waals surface area contributed by atoms with Crippen LogP contribution in [0.1, 0.15) is 11.1 Å². The van der Waals surface area contributed by atoms with Crippen molar-refractivity contribution in [1.29, 1.82) is 0 Å². The molecule has 1 aromatic heterocycles. The van der Waals surface area contributed by atoms with E-state index in [-0.39, 0.29) is 43.8 Å². The number of rotatable bonds is 2. The van der Waals surface area contributed by atoms with E-state index in [1.165, 1.54) is 0 Å². The molecule has 1 amide bonds. The quantitative estimate of drug-likeness (QED) is 0.788. The molecule has 0 unspecified atom stereocenters. The van der Waals surface area contributed by atoms with Crippen molar-refractivity contribution in [1.82, 2.24) is 14.8 Å². The fourth-order valence-electron chi connectivity index (χ4n) is 2.97. The number of carboxylic acid groups (broad SMARTS) is 1. The fourth-order valence-corrected chi connectivity index (χ4v) is 3.28. The molecule has 0 saturated carbocycles. The molecule has 146 valence electrons. The minimum absolute atomic E-state index is 0.141. The Morgan fingerprint density at radius 2 is 1.89 bits per heavy atom. The molecule has 2 heterocycles. The summed E-state index contributed by atoms with van der Waals surface area (Å²) in [5.41, 5.74) is -2.87. The molecule has 3 rings (SSSR count). The zero-order chi connectivity index (χ0) is 19.9. The van der Waals surface area contributed by atoms with Crippen molar-refractivity contribution >= 4 is 28.6 Å². The van der Waals surface area contributed by atoms with E-state index < -0.39 is 39.6 Å². The number of aromatic amines is 1. The van der Waals surface area contributed by atoms with Crippen molar-refractivity contribution in [3.8, 4) is 0 Å². The van der Waals surface area contributed by atoms with Crippen LogP contribution in [-0.2, 0) is 12.7 Å². The molecule has 1 aliphatic rings. The number of nitrogens with zero attached hydrogens (tertiary/aromatic N) is 2. The molecule has 0 aliphatic carbocycles. The Balaban J connectivity index is 2.06. The Morgan fingerprint density at radius 1 is 1.26 bits per heavy atom. The Bertz CT molecular complexity index is 1010. The van der Waals surface area contributed by atoms with Crippen LogP contribution in [-0.4, -0.2) is 52.2 Å². The molecule has 1 aromatic carbocycles. The van der Waals surface area contributed by atoms with Crippen LogP contribution in [0.2, 0.25) is 5.02 Å². The highest BCUT2D eigenvalue weighted by molar-refractivity contribution is 6.36. The van der Waals surface area contributed by atoms with Gasteiger partial charge in [-0.05, 0) is 11.6 Å². The first-order valence-electron chi connectivity index (χ1n) is 7.74. The van der Waals surface area contributed by atoms with E-state index in [0.717, 1.165) is 4.90 Å². The fraction of sp³-hybridized carbons (Fsp3) is 0.400. The number of nitrogens with one attached hydrogen (secondary N) is 1. The third-order valence-corrected chi connectivity index (χ3v) is 4.75. The van der Waals surface area contributed by atoms with Crippen molar-refractivity contribution in [2.45, 2.75) is 12.7 Å². The first-order valence-corrected chi connectivity index (χ1v) is 8.11. The Kier molecular flexibility index (Phi) is 4.91. The number of halogens is 4. The van der Waals surface area contributed by atoms with Gasteiger partial charge in [0, 0.05) is 32.7 Å². The molecular formula is C15H13ClF3N3O5. The predicted octanol–water partition coefficient (Wildman–Crippen LogP) is 1.95. The Hall–Kier alpha value is -2.53. The van der Waals surface area contributed by atoms with E-state index in [0.29, 0.717) is 6.07 Å². The van der Waals surface area contributed by atoms with Gasteiger partial charge in [-0.15, -0.1) is 0 Å². The molecule has 0 bridgehead atoms. The molecular weight excluding hydrogens is 395 g/mol. The van der Waals surface area contributed by atoms with Gasteiger partial charge in [-0.1, -0.05) is 11.6 Å². The van der Waals surface area contributed by atoms with E-state index in [4.69, 9.17) is 16.7 Å². The van der Waals surface area contributed by atoms with Crippen molar-refractivity contribution in [2.24, 2.45) is 0 Å². The SMILES string of the molecule is O=C(O)N1CCN(Cc2c(C(F)(F)F)cc3c(=O)oc(=O)[nH]c3c2Cl)CC1. The number of hydrogen-bond acceptors (Lipinski definition) is 5. The smallest absolute Gasteiger partial charge is 0.419 e. The van der Waals surface area contributed by atoms with Crippen LogP contribution in [0.25, 0.3) is 10.9 Å². The van der Waals surface area contributed by atoms with Gasteiger partial charge in [0.15, 0.2) is 0 Å². The van der Waals surface area contributed by atoms with Crippen molar-refractivity contribution < 1.29 is 27.5 Å². The highest BCUT2D eigenvalue weighted by Gasteiger charge is 2.36. The molecule has 0 radical (unpaired) electrons. The maximum absolute atomic E-state index is 13.5. The van der Waals surface area contributed by atoms with E-state index in [1.807, 2.05) is 0 Å². The molecule has 0 spiro atoms. The summed E-state index contributed by atoms with van der Waals surface area (Å²) in [4.78, 5) is 39.0. The van der Waals surface area contributed by atoms with Gasteiger partial charge in [0.1, 0.15) is 0 Å². The minimum atomic E-state index is -4.79. The van der Waals surface area contributed by atoms with Crippen LogP contribution in [0.15, 0.2) is 20.1 Å². The summed E-state index contributed by atoms with van der Waals surface area (Å²) in [6.07, 6.45) is -5.89. The number of alkyl halides is 3. The number of benzene rings is 1. The molecule has 8 nitrogen and oxygen atoms in total. The van der Waals surface area contributed by atoms with Gasteiger partial charge in [0.05, 0.1) is 21.5 Å². The molecule has 12 heteroatoms. The maximum atomic E-state index is 13.5. The summed E-state index contributed by atoms with van der Waals surface area (Å²) < 4.78 is 44.8. The first-order chi connectivity index (χ1) is 12.6. The second kappa shape index (κ2) is 6.89. The summed E-state index contributed by atoms with van der Waals surface area (Å²) in [7, 11) is 0. The summed E-state index contributed by atoms with van der Waals surface area (Å²) in [6.45, 7) is 0.487. The van der Waals surface area contributed by atoms with Gasteiger partial charge in [0.25, 0.3) is 0 Å². The highest BCUT2D eigenvalue weighted by Crippen LogP contribution is 2.38. The van der Waals surface area contributed by atoms with Crippen molar-refractivity contribution in [3.63, 3.8) is 0 Å². The monoisotopic (exact) mass is 407 g/mol. The lowest BCUT2D eigenvalue weighted by molar-refractivity contribution is -0.138. The van der Waals surface area contributed by atoms with Crippen LogP contribution >= 0.6 is 11.6 Å². The second-order valence-electron chi connectivity index (χ2n) is 5.98. The van der Waals surface area contributed by atoms with Gasteiger partial charge in [-0.25, -0.2) is 14.4 Å².